The average molecular weight is 489 g/mol. The number of amides is 2. The molecular formula is C22H25BrN4O4. The van der Waals surface area contributed by atoms with Crippen LogP contribution >= 0.6 is 15.9 Å². The van der Waals surface area contributed by atoms with Crippen molar-refractivity contribution in [2.24, 2.45) is 5.92 Å². The van der Waals surface area contributed by atoms with Gasteiger partial charge < -0.3 is 19.8 Å². The molecular weight excluding hydrogens is 464 g/mol. The molecule has 0 spiro atoms. The van der Waals surface area contributed by atoms with Gasteiger partial charge in [-0.15, -0.1) is 0 Å². The summed E-state index contributed by atoms with van der Waals surface area (Å²) >= 11 is 3.42. The number of nitrogens with one attached hydrogen (secondary N) is 2. The van der Waals surface area contributed by atoms with Crippen molar-refractivity contribution in [1.82, 2.24) is 15.1 Å². The first-order chi connectivity index (χ1) is 14.9. The summed E-state index contributed by atoms with van der Waals surface area (Å²) in [5.41, 5.74) is 0.496. The third-order valence-corrected chi connectivity index (χ3v) is 4.97. The van der Waals surface area contributed by atoms with Gasteiger partial charge in [0.25, 0.3) is 11.8 Å². The van der Waals surface area contributed by atoms with Crippen molar-refractivity contribution < 1.29 is 18.7 Å². The number of carbonyl (C=O) groups excluding carboxylic acids is 2. The molecule has 2 aromatic heterocycles. The van der Waals surface area contributed by atoms with Crippen LogP contribution in [0.3, 0.4) is 0 Å². The van der Waals surface area contributed by atoms with Crippen molar-refractivity contribution >= 4 is 33.4 Å². The van der Waals surface area contributed by atoms with E-state index in [1.165, 1.54) is 0 Å². The number of hydrogen-bond donors (Lipinski definition) is 2. The quantitative estimate of drug-likeness (QED) is 0.462. The largest absolute Gasteiger partial charge is 0.484 e. The van der Waals surface area contributed by atoms with Gasteiger partial charge in [-0.3, -0.25) is 14.3 Å². The Kier molecular flexibility index (Phi) is 7.51. The Morgan fingerprint density at radius 2 is 1.97 bits per heavy atom. The summed E-state index contributed by atoms with van der Waals surface area (Å²) in [6.07, 6.45) is 1.63. The van der Waals surface area contributed by atoms with Gasteiger partial charge in [-0.05, 0) is 53.0 Å². The van der Waals surface area contributed by atoms with Crippen LogP contribution in [0.2, 0.25) is 0 Å². The van der Waals surface area contributed by atoms with E-state index in [0.717, 1.165) is 4.47 Å². The Hall–Kier alpha value is -3.07. The summed E-state index contributed by atoms with van der Waals surface area (Å²) < 4.78 is 13.7. The van der Waals surface area contributed by atoms with Crippen LogP contribution in [0.4, 0.5) is 5.69 Å². The van der Waals surface area contributed by atoms with Gasteiger partial charge in [0.1, 0.15) is 18.1 Å². The molecule has 164 valence electrons. The average Bonchev–Trinajstić information content (AvgIpc) is 3.38. The van der Waals surface area contributed by atoms with E-state index in [9.17, 15) is 9.59 Å². The molecule has 0 saturated heterocycles. The molecule has 0 radical (unpaired) electrons. The van der Waals surface area contributed by atoms with Gasteiger partial charge in [0.2, 0.25) is 0 Å². The number of para-hydroxylation sites is 1. The number of furan rings is 1. The zero-order valence-electron chi connectivity index (χ0n) is 17.6. The topological polar surface area (TPSA) is 98.4 Å². The standard InChI is InChI=1S/C22H25BrN4O4/c1-4-27-12-17(20(26-27)22(29)24-11-14(2)3)25-21(28)19-10-9-15(31-19)13-30-18-8-6-5-7-16(18)23/h5-10,12,14H,4,11,13H2,1-3H3,(H,24,29)(H,25,28). The summed E-state index contributed by atoms with van der Waals surface area (Å²) in [5, 5.41) is 9.81. The fourth-order valence-corrected chi connectivity index (χ4v) is 3.09. The van der Waals surface area contributed by atoms with E-state index in [1.807, 2.05) is 45.0 Å². The van der Waals surface area contributed by atoms with Gasteiger partial charge in [-0.2, -0.15) is 5.10 Å². The summed E-state index contributed by atoms with van der Waals surface area (Å²) in [7, 11) is 0. The zero-order valence-corrected chi connectivity index (χ0v) is 19.2. The zero-order chi connectivity index (χ0) is 22.4. The van der Waals surface area contributed by atoms with E-state index in [-0.39, 0.29) is 24.0 Å². The minimum Gasteiger partial charge on any atom is -0.484 e. The van der Waals surface area contributed by atoms with Crippen LogP contribution in [0.25, 0.3) is 0 Å². The van der Waals surface area contributed by atoms with Gasteiger partial charge >= 0.3 is 0 Å². The van der Waals surface area contributed by atoms with Crippen LogP contribution < -0.4 is 15.4 Å². The molecule has 9 heteroatoms. The lowest BCUT2D eigenvalue weighted by Crippen LogP contribution is -2.28. The normalized spacial score (nSPS) is 10.9. The second-order valence-corrected chi connectivity index (χ2v) is 8.14. The van der Waals surface area contributed by atoms with Crippen molar-refractivity contribution in [2.45, 2.75) is 33.9 Å². The minimum absolute atomic E-state index is 0.114. The lowest BCUT2D eigenvalue weighted by Gasteiger charge is -2.07. The van der Waals surface area contributed by atoms with Crippen LogP contribution in [-0.2, 0) is 13.2 Å². The molecule has 0 bridgehead atoms. The number of aromatic nitrogens is 2. The first kappa shape index (κ1) is 22.6. The first-order valence-corrected chi connectivity index (χ1v) is 10.8. The van der Waals surface area contributed by atoms with Crippen molar-refractivity contribution in [3.8, 4) is 5.75 Å². The molecule has 2 N–H and O–H groups in total. The highest BCUT2D eigenvalue weighted by Crippen LogP contribution is 2.25. The maximum absolute atomic E-state index is 12.7. The number of anilines is 1. The fraction of sp³-hybridized carbons (Fsp3) is 0.318. The van der Waals surface area contributed by atoms with Gasteiger partial charge in [-0.25, -0.2) is 0 Å². The number of benzene rings is 1. The van der Waals surface area contributed by atoms with Crippen LogP contribution in [0.15, 0.2) is 51.5 Å². The molecule has 1 aromatic carbocycles. The highest BCUT2D eigenvalue weighted by atomic mass is 79.9. The Morgan fingerprint density at radius 3 is 2.68 bits per heavy atom. The molecule has 3 rings (SSSR count). The van der Waals surface area contributed by atoms with E-state index >= 15 is 0 Å². The van der Waals surface area contributed by atoms with E-state index in [1.54, 1.807) is 23.0 Å². The molecule has 0 atom stereocenters. The van der Waals surface area contributed by atoms with Crippen molar-refractivity contribution in [3.63, 3.8) is 0 Å². The monoisotopic (exact) mass is 488 g/mol. The van der Waals surface area contributed by atoms with Crippen LogP contribution in [0.1, 0.15) is 47.6 Å². The molecule has 3 aromatic rings. The molecule has 0 saturated carbocycles. The van der Waals surface area contributed by atoms with E-state index in [0.29, 0.717) is 36.2 Å². The Balaban J connectivity index is 1.67. The second-order valence-electron chi connectivity index (χ2n) is 7.29. The maximum Gasteiger partial charge on any atom is 0.291 e. The lowest BCUT2D eigenvalue weighted by molar-refractivity contribution is 0.0944. The molecule has 0 aliphatic carbocycles. The number of nitrogens with zero attached hydrogens (tertiary/aromatic N) is 2. The number of halogens is 1. The summed E-state index contributed by atoms with van der Waals surface area (Å²) in [4.78, 5) is 25.2. The number of aryl methyl sites for hydroxylation is 1. The molecule has 2 heterocycles. The van der Waals surface area contributed by atoms with E-state index in [4.69, 9.17) is 9.15 Å². The summed E-state index contributed by atoms with van der Waals surface area (Å²) in [6.45, 7) is 7.16. The molecule has 2 amide bonds. The van der Waals surface area contributed by atoms with Gasteiger partial charge in [0.05, 0.1) is 10.2 Å². The number of hydrogen-bond acceptors (Lipinski definition) is 5. The smallest absolute Gasteiger partial charge is 0.291 e. The van der Waals surface area contributed by atoms with E-state index < -0.39 is 5.91 Å². The van der Waals surface area contributed by atoms with Gasteiger partial charge in [0.15, 0.2) is 11.5 Å². The number of carbonyl (C=O) groups is 2. The first-order valence-electron chi connectivity index (χ1n) is 10.0. The molecule has 0 fully saturated rings. The predicted octanol–water partition coefficient (Wildman–Crippen LogP) is 4.48. The van der Waals surface area contributed by atoms with Crippen LogP contribution in [-0.4, -0.2) is 28.1 Å². The lowest BCUT2D eigenvalue weighted by atomic mass is 10.2. The Labute approximate surface area is 189 Å². The molecule has 0 aliphatic heterocycles. The minimum atomic E-state index is -0.472. The maximum atomic E-state index is 12.7. The van der Waals surface area contributed by atoms with E-state index in [2.05, 4.69) is 31.7 Å². The molecule has 0 unspecified atom stereocenters. The van der Waals surface area contributed by atoms with Crippen LogP contribution in [0, 0.1) is 5.92 Å². The molecule has 31 heavy (non-hydrogen) atoms. The van der Waals surface area contributed by atoms with Gasteiger partial charge in [-0.1, -0.05) is 26.0 Å². The molecule has 0 aliphatic rings. The van der Waals surface area contributed by atoms with Crippen molar-refractivity contribution in [2.75, 3.05) is 11.9 Å². The van der Waals surface area contributed by atoms with Crippen molar-refractivity contribution in [1.29, 1.82) is 0 Å². The molecule has 8 nitrogen and oxygen atoms in total. The third-order valence-electron chi connectivity index (χ3n) is 4.31. The summed E-state index contributed by atoms with van der Waals surface area (Å²) in [5.74, 6) is 0.784. The fourth-order valence-electron chi connectivity index (χ4n) is 2.70. The van der Waals surface area contributed by atoms with Crippen LogP contribution in [0.5, 0.6) is 5.75 Å². The van der Waals surface area contributed by atoms with Crippen molar-refractivity contribution in [3.05, 3.63) is 64.3 Å². The highest BCUT2D eigenvalue weighted by Gasteiger charge is 2.20. The number of ether oxygens (including phenoxy) is 1. The predicted molar refractivity (Wildman–Crippen MR) is 120 cm³/mol. The second kappa shape index (κ2) is 10.3. The number of rotatable bonds is 9. The highest BCUT2D eigenvalue weighted by molar-refractivity contribution is 9.10. The van der Waals surface area contributed by atoms with Gasteiger partial charge in [0, 0.05) is 19.3 Å². The SMILES string of the molecule is CCn1cc(NC(=O)c2ccc(COc3ccccc3Br)o2)c(C(=O)NCC(C)C)n1. The Morgan fingerprint density at radius 1 is 1.19 bits per heavy atom. The summed E-state index contributed by atoms with van der Waals surface area (Å²) in [6, 6.07) is 10.7. The Bertz CT molecular complexity index is 1060. The third kappa shape index (κ3) is 5.97.